The molecule has 1 rings (SSSR count). The molecule has 1 aromatic carbocycles. The number of carboxylic acid groups (broad SMARTS) is 1. The Morgan fingerprint density at radius 2 is 2.00 bits per heavy atom. The first kappa shape index (κ1) is 13.2. The van der Waals surface area contributed by atoms with E-state index in [0.29, 0.717) is 0 Å². The zero-order chi connectivity index (χ0) is 12.8. The van der Waals surface area contributed by atoms with Crippen LogP contribution in [0.4, 0.5) is 0 Å². The summed E-state index contributed by atoms with van der Waals surface area (Å²) < 4.78 is 0. The molecule has 0 unspecified atom stereocenters. The average Bonchev–Trinajstić information content (AvgIpc) is 2.28. The van der Waals surface area contributed by atoms with E-state index in [4.69, 9.17) is 10.2 Å². The van der Waals surface area contributed by atoms with Crippen molar-refractivity contribution in [2.45, 2.75) is 19.4 Å². The molecule has 17 heavy (non-hydrogen) atoms. The predicted octanol–water partition coefficient (Wildman–Crippen LogP) is 0.0992. The highest BCUT2D eigenvalue weighted by atomic mass is 16.4. The van der Waals surface area contributed by atoms with Gasteiger partial charge in [0.05, 0.1) is 13.0 Å². The van der Waals surface area contributed by atoms with Gasteiger partial charge in [-0.2, -0.15) is 0 Å². The van der Waals surface area contributed by atoms with Gasteiger partial charge in [0, 0.05) is 0 Å². The second kappa shape index (κ2) is 6.00. The van der Waals surface area contributed by atoms with Gasteiger partial charge in [-0.05, 0) is 18.1 Å². The van der Waals surface area contributed by atoms with Crippen LogP contribution in [-0.2, 0) is 16.0 Å². The first-order valence-electron chi connectivity index (χ1n) is 5.22. The van der Waals surface area contributed by atoms with E-state index < -0.39 is 24.5 Å². The molecule has 0 saturated carbocycles. The number of nitrogens with one attached hydrogen (secondary N) is 1. The van der Waals surface area contributed by atoms with E-state index in [2.05, 4.69) is 5.32 Å². The number of hydrogen-bond donors (Lipinski definition) is 3. The predicted molar refractivity (Wildman–Crippen MR) is 61.5 cm³/mol. The van der Waals surface area contributed by atoms with Crippen LogP contribution < -0.4 is 5.32 Å². The molecule has 0 aromatic heterocycles. The van der Waals surface area contributed by atoms with Crippen molar-refractivity contribution in [3.05, 3.63) is 35.4 Å². The van der Waals surface area contributed by atoms with Crippen LogP contribution in [0.3, 0.4) is 0 Å². The van der Waals surface area contributed by atoms with Crippen LogP contribution in [0.2, 0.25) is 0 Å². The Bertz CT molecular complexity index is 417. The van der Waals surface area contributed by atoms with E-state index in [1.54, 1.807) is 0 Å². The van der Waals surface area contributed by atoms with E-state index in [1.807, 2.05) is 31.2 Å². The van der Waals surface area contributed by atoms with Crippen LogP contribution in [0.5, 0.6) is 0 Å². The van der Waals surface area contributed by atoms with Gasteiger partial charge in [0.1, 0.15) is 6.04 Å². The van der Waals surface area contributed by atoms with E-state index in [1.165, 1.54) is 0 Å². The van der Waals surface area contributed by atoms with Crippen LogP contribution in [0, 0.1) is 6.92 Å². The number of aliphatic carboxylic acids is 1. The molecule has 0 radical (unpaired) electrons. The average molecular weight is 237 g/mol. The van der Waals surface area contributed by atoms with E-state index >= 15 is 0 Å². The van der Waals surface area contributed by atoms with Crippen molar-refractivity contribution >= 4 is 11.9 Å². The third-order valence-electron chi connectivity index (χ3n) is 2.43. The molecular formula is C12H15NO4. The van der Waals surface area contributed by atoms with Crippen molar-refractivity contribution in [2.24, 2.45) is 0 Å². The smallest absolute Gasteiger partial charge is 0.328 e. The van der Waals surface area contributed by atoms with Crippen molar-refractivity contribution in [1.29, 1.82) is 0 Å². The third-order valence-corrected chi connectivity index (χ3v) is 2.43. The number of aryl methyl sites for hydroxylation is 1. The lowest BCUT2D eigenvalue weighted by molar-refractivity contribution is -0.142. The highest BCUT2D eigenvalue weighted by Gasteiger charge is 2.18. The Morgan fingerprint density at radius 3 is 2.53 bits per heavy atom. The summed E-state index contributed by atoms with van der Waals surface area (Å²) in [5, 5.41) is 19.7. The van der Waals surface area contributed by atoms with Crippen LogP contribution >= 0.6 is 0 Å². The zero-order valence-electron chi connectivity index (χ0n) is 9.51. The summed E-state index contributed by atoms with van der Waals surface area (Å²) in [5.74, 6) is -1.66. The standard InChI is InChI=1S/C12H15NO4/c1-8-4-2-3-5-9(8)6-11(15)13-10(7-14)12(16)17/h2-5,10,14H,6-7H2,1H3,(H,13,15)(H,16,17)/t10-/m0/s1. The lowest BCUT2D eigenvalue weighted by Crippen LogP contribution is -2.44. The van der Waals surface area contributed by atoms with Gasteiger partial charge >= 0.3 is 5.97 Å². The van der Waals surface area contributed by atoms with Gasteiger partial charge in [0.25, 0.3) is 0 Å². The third kappa shape index (κ3) is 3.88. The Labute approximate surface area is 99.1 Å². The number of amides is 1. The molecule has 0 spiro atoms. The first-order chi connectivity index (χ1) is 8.04. The van der Waals surface area contributed by atoms with E-state index in [-0.39, 0.29) is 6.42 Å². The normalized spacial score (nSPS) is 11.9. The summed E-state index contributed by atoms with van der Waals surface area (Å²) in [6.07, 6.45) is 0.108. The molecule has 92 valence electrons. The van der Waals surface area contributed by atoms with Crippen molar-refractivity contribution < 1.29 is 19.8 Å². The zero-order valence-corrected chi connectivity index (χ0v) is 9.51. The minimum atomic E-state index is -1.24. The van der Waals surface area contributed by atoms with Crippen molar-refractivity contribution in [3.8, 4) is 0 Å². The Kier molecular flexibility index (Phi) is 4.66. The molecule has 0 fully saturated rings. The van der Waals surface area contributed by atoms with Gasteiger partial charge < -0.3 is 15.5 Å². The molecule has 0 saturated heterocycles. The molecule has 1 aromatic rings. The molecule has 0 aliphatic heterocycles. The number of carbonyl (C=O) groups is 2. The maximum Gasteiger partial charge on any atom is 0.328 e. The number of aliphatic hydroxyl groups is 1. The molecule has 0 bridgehead atoms. The Morgan fingerprint density at radius 1 is 1.35 bits per heavy atom. The molecule has 1 amide bonds. The monoisotopic (exact) mass is 237 g/mol. The van der Waals surface area contributed by atoms with Crippen molar-refractivity contribution in [2.75, 3.05) is 6.61 Å². The lowest BCUT2D eigenvalue weighted by Gasteiger charge is -2.12. The van der Waals surface area contributed by atoms with Gasteiger partial charge in [-0.3, -0.25) is 4.79 Å². The summed E-state index contributed by atoms with van der Waals surface area (Å²) >= 11 is 0. The van der Waals surface area contributed by atoms with Gasteiger partial charge in [-0.15, -0.1) is 0 Å². The second-order valence-electron chi connectivity index (χ2n) is 3.74. The fourth-order valence-corrected chi connectivity index (χ4v) is 1.41. The van der Waals surface area contributed by atoms with Crippen LogP contribution in [0.25, 0.3) is 0 Å². The number of carbonyl (C=O) groups excluding carboxylic acids is 1. The number of benzene rings is 1. The SMILES string of the molecule is Cc1ccccc1CC(=O)N[C@@H](CO)C(=O)O. The number of carboxylic acids is 1. The largest absolute Gasteiger partial charge is 0.480 e. The van der Waals surface area contributed by atoms with Crippen LogP contribution in [0.15, 0.2) is 24.3 Å². The molecule has 0 aliphatic carbocycles. The summed E-state index contributed by atoms with van der Waals surface area (Å²) in [7, 11) is 0. The summed E-state index contributed by atoms with van der Waals surface area (Å²) in [5.41, 5.74) is 1.81. The lowest BCUT2D eigenvalue weighted by atomic mass is 10.1. The van der Waals surface area contributed by atoms with Crippen LogP contribution in [-0.4, -0.2) is 34.7 Å². The molecule has 1 atom stereocenters. The first-order valence-corrected chi connectivity index (χ1v) is 5.22. The molecule has 0 aliphatic rings. The van der Waals surface area contributed by atoms with Gasteiger partial charge in [0.2, 0.25) is 5.91 Å². The van der Waals surface area contributed by atoms with E-state index in [0.717, 1.165) is 11.1 Å². The Hall–Kier alpha value is -1.88. The van der Waals surface area contributed by atoms with Crippen LogP contribution in [0.1, 0.15) is 11.1 Å². The molecule has 5 nitrogen and oxygen atoms in total. The topological polar surface area (TPSA) is 86.6 Å². The summed E-state index contributed by atoms with van der Waals surface area (Å²) in [6, 6.07) is 6.12. The van der Waals surface area contributed by atoms with Crippen molar-refractivity contribution in [1.82, 2.24) is 5.32 Å². The fourth-order valence-electron chi connectivity index (χ4n) is 1.41. The summed E-state index contributed by atoms with van der Waals surface area (Å²) in [6.45, 7) is 1.26. The number of aliphatic hydroxyl groups excluding tert-OH is 1. The minimum Gasteiger partial charge on any atom is -0.480 e. The molecule has 5 heteroatoms. The summed E-state index contributed by atoms with van der Waals surface area (Å²) in [4.78, 5) is 22.2. The van der Waals surface area contributed by atoms with Gasteiger partial charge in [0.15, 0.2) is 0 Å². The highest BCUT2D eigenvalue weighted by Crippen LogP contribution is 2.07. The quantitative estimate of drug-likeness (QED) is 0.678. The fraction of sp³-hybridized carbons (Fsp3) is 0.333. The maximum atomic E-state index is 11.6. The molecule has 3 N–H and O–H groups in total. The van der Waals surface area contributed by atoms with Gasteiger partial charge in [-0.1, -0.05) is 24.3 Å². The molecule has 0 heterocycles. The highest BCUT2D eigenvalue weighted by molar-refractivity contribution is 5.85. The Balaban J connectivity index is 2.61. The van der Waals surface area contributed by atoms with Gasteiger partial charge in [-0.25, -0.2) is 4.79 Å². The maximum absolute atomic E-state index is 11.6. The van der Waals surface area contributed by atoms with E-state index in [9.17, 15) is 9.59 Å². The second-order valence-corrected chi connectivity index (χ2v) is 3.74. The van der Waals surface area contributed by atoms with Crippen molar-refractivity contribution in [3.63, 3.8) is 0 Å². The molecular weight excluding hydrogens is 222 g/mol. The minimum absolute atomic E-state index is 0.108. The number of hydrogen-bond acceptors (Lipinski definition) is 3. The number of rotatable bonds is 5.